The van der Waals surface area contributed by atoms with Crippen molar-refractivity contribution in [3.63, 3.8) is 0 Å². The van der Waals surface area contributed by atoms with Gasteiger partial charge in [0.15, 0.2) is 0 Å². The number of hydrogen-bond donors (Lipinski definition) is 0. The van der Waals surface area contributed by atoms with Crippen LogP contribution in [0.2, 0.25) is 0 Å². The van der Waals surface area contributed by atoms with Crippen LogP contribution in [-0.2, 0) is 11.3 Å². The molecule has 0 aliphatic carbocycles. The molecule has 0 aliphatic heterocycles. The summed E-state index contributed by atoms with van der Waals surface area (Å²) in [6.07, 6.45) is 1.81. The minimum Gasteiger partial charge on any atom is -0.491 e. The predicted molar refractivity (Wildman–Crippen MR) is 78.1 cm³/mol. The summed E-state index contributed by atoms with van der Waals surface area (Å²) in [4.78, 5) is 0. The molecule has 2 nitrogen and oxygen atoms in total. The second-order valence-electron chi connectivity index (χ2n) is 4.16. The van der Waals surface area contributed by atoms with Crippen LogP contribution in [0.15, 0.2) is 61.2 Å². The van der Waals surface area contributed by atoms with Crippen LogP contribution < -0.4 is 4.74 Å². The first-order valence-corrected chi connectivity index (χ1v) is 6.35. The third kappa shape index (κ3) is 4.60. The van der Waals surface area contributed by atoms with E-state index in [9.17, 15) is 0 Å². The summed E-state index contributed by atoms with van der Waals surface area (Å²) in [5.41, 5.74) is 2.27. The average molecular weight is 254 g/mol. The van der Waals surface area contributed by atoms with Crippen LogP contribution in [0.25, 0.3) is 6.08 Å². The highest BCUT2D eigenvalue weighted by Gasteiger charge is 1.95. The van der Waals surface area contributed by atoms with Gasteiger partial charge in [0.2, 0.25) is 0 Å². The van der Waals surface area contributed by atoms with E-state index >= 15 is 0 Å². The molecule has 0 saturated carbocycles. The first-order chi connectivity index (χ1) is 9.38. The Morgan fingerprint density at radius 2 is 1.63 bits per heavy atom. The Balaban J connectivity index is 1.65. The van der Waals surface area contributed by atoms with Gasteiger partial charge in [0.05, 0.1) is 13.2 Å². The monoisotopic (exact) mass is 254 g/mol. The number of ether oxygens (including phenoxy) is 2. The molecule has 0 N–H and O–H groups in total. The van der Waals surface area contributed by atoms with E-state index in [4.69, 9.17) is 9.47 Å². The van der Waals surface area contributed by atoms with Crippen LogP contribution in [-0.4, -0.2) is 13.2 Å². The molecule has 0 unspecified atom stereocenters. The van der Waals surface area contributed by atoms with E-state index in [1.165, 1.54) is 5.56 Å². The summed E-state index contributed by atoms with van der Waals surface area (Å²) in [6, 6.07) is 18.0. The standard InChI is InChI=1S/C17H18O2/c1-2-15-8-10-17(11-9-15)19-13-12-18-14-16-6-4-3-5-7-16/h2-11H,1,12-14H2. The molecule has 2 aromatic rings. The highest BCUT2D eigenvalue weighted by Crippen LogP contribution is 2.12. The molecule has 98 valence electrons. The molecule has 0 amide bonds. The zero-order chi connectivity index (χ0) is 13.3. The molecular formula is C17H18O2. The van der Waals surface area contributed by atoms with E-state index in [1.54, 1.807) is 0 Å². The van der Waals surface area contributed by atoms with Gasteiger partial charge in [0.1, 0.15) is 12.4 Å². The molecule has 2 heteroatoms. The molecular weight excluding hydrogens is 236 g/mol. The van der Waals surface area contributed by atoms with Gasteiger partial charge in [-0.1, -0.05) is 55.1 Å². The maximum atomic E-state index is 5.58. The number of hydrogen-bond acceptors (Lipinski definition) is 2. The largest absolute Gasteiger partial charge is 0.491 e. The van der Waals surface area contributed by atoms with Crippen molar-refractivity contribution in [1.29, 1.82) is 0 Å². The molecule has 0 aliphatic rings. The predicted octanol–water partition coefficient (Wildman–Crippen LogP) is 3.93. The van der Waals surface area contributed by atoms with Crippen LogP contribution >= 0.6 is 0 Å². The van der Waals surface area contributed by atoms with Crippen LogP contribution in [0.3, 0.4) is 0 Å². The fourth-order valence-corrected chi connectivity index (χ4v) is 1.68. The summed E-state index contributed by atoms with van der Waals surface area (Å²) in [5.74, 6) is 0.855. The minimum atomic E-state index is 0.556. The SMILES string of the molecule is C=Cc1ccc(OCCOCc2ccccc2)cc1. The summed E-state index contributed by atoms with van der Waals surface area (Å²) in [5, 5.41) is 0. The van der Waals surface area contributed by atoms with Crippen molar-refractivity contribution in [3.05, 3.63) is 72.3 Å². The van der Waals surface area contributed by atoms with Crippen LogP contribution in [0.1, 0.15) is 11.1 Å². The Hall–Kier alpha value is -2.06. The van der Waals surface area contributed by atoms with Crippen LogP contribution in [0.5, 0.6) is 5.75 Å². The lowest BCUT2D eigenvalue weighted by Crippen LogP contribution is -2.06. The first-order valence-electron chi connectivity index (χ1n) is 6.35. The quantitative estimate of drug-likeness (QED) is 0.697. The van der Waals surface area contributed by atoms with Crippen molar-refractivity contribution < 1.29 is 9.47 Å². The second-order valence-corrected chi connectivity index (χ2v) is 4.16. The van der Waals surface area contributed by atoms with Crippen molar-refractivity contribution in [3.8, 4) is 5.75 Å². The number of benzene rings is 2. The van der Waals surface area contributed by atoms with Crippen molar-refractivity contribution in [2.24, 2.45) is 0 Å². The van der Waals surface area contributed by atoms with E-state index in [2.05, 4.69) is 18.7 Å². The number of rotatable bonds is 7. The molecule has 0 heterocycles. The van der Waals surface area contributed by atoms with E-state index in [1.807, 2.05) is 48.5 Å². The van der Waals surface area contributed by atoms with Gasteiger partial charge in [-0.15, -0.1) is 0 Å². The third-order valence-electron chi connectivity index (χ3n) is 2.72. The van der Waals surface area contributed by atoms with Crippen LogP contribution in [0.4, 0.5) is 0 Å². The zero-order valence-corrected chi connectivity index (χ0v) is 10.9. The van der Waals surface area contributed by atoms with E-state index < -0.39 is 0 Å². The van der Waals surface area contributed by atoms with Crippen molar-refractivity contribution in [1.82, 2.24) is 0 Å². The summed E-state index contributed by atoms with van der Waals surface area (Å²) < 4.78 is 11.1. The lowest BCUT2D eigenvalue weighted by molar-refractivity contribution is 0.0889. The molecule has 19 heavy (non-hydrogen) atoms. The van der Waals surface area contributed by atoms with Gasteiger partial charge in [0, 0.05) is 0 Å². The maximum absolute atomic E-state index is 5.58. The average Bonchev–Trinajstić information content (AvgIpc) is 2.49. The highest BCUT2D eigenvalue weighted by atomic mass is 16.5. The molecule has 2 aromatic carbocycles. The molecule has 0 atom stereocenters. The fraction of sp³-hybridized carbons (Fsp3) is 0.176. The molecule has 0 fully saturated rings. The normalized spacial score (nSPS) is 10.1. The van der Waals surface area contributed by atoms with Gasteiger partial charge in [-0.05, 0) is 23.3 Å². The Bertz CT molecular complexity index is 488. The highest BCUT2D eigenvalue weighted by molar-refractivity contribution is 5.48. The van der Waals surface area contributed by atoms with Crippen molar-refractivity contribution >= 4 is 6.08 Å². The summed E-state index contributed by atoms with van der Waals surface area (Å²) in [6.45, 7) is 5.48. The van der Waals surface area contributed by atoms with Gasteiger partial charge in [0.25, 0.3) is 0 Å². The van der Waals surface area contributed by atoms with Crippen molar-refractivity contribution in [2.45, 2.75) is 6.61 Å². The van der Waals surface area contributed by atoms with E-state index in [-0.39, 0.29) is 0 Å². The van der Waals surface area contributed by atoms with E-state index in [0.29, 0.717) is 19.8 Å². The molecule has 2 rings (SSSR count). The fourth-order valence-electron chi connectivity index (χ4n) is 1.68. The molecule has 0 spiro atoms. The first kappa shape index (κ1) is 13.4. The summed E-state index contributed by atoms with van der Waals surface area (Å²) in [7, 11) is 0. The molecule has 0 saturated heterocycles. The molecule has 0 bridgehead atoms. The Morgan fingerprint density at radius 3 is 2.32 bits per heavy atom. The zero-order valence-electron chi connectivity index (χ0n) is 10.9. The molecule has 0 aromatic heterocycles. The lowest BCUT2D eigenvalue weighted by Gasteiger charge is -2.07. The third-order valence-corrected chi connectivity index (χ3v) is 2.72. The van der Waals surface area contributed by atoms with Crippen LogP contribution in [0, 0.1) is 0 Å². The van der Waals surface area contributed by atoms with Gasteiger partial charge < -0.3 is 9.47 Å². The Morgan fingerprint density at radius 1 is 0.895 bits per heavy atom. The Labute approximate surface area is 114 Å². The van der Waals surface area contributed by atoms with Gasteiger partial charge in [-0.25, -0.2) is 0 Å². The lowest BCUT2D eigenvalue weighted by atomic mass is 10.2. The maximum Gasteiger partial charge on any atom is 0.119 e. The minimum absolute atomic E-state index is 0.556. The van der Waals surface area contributed by atoms with Crippen molar-refractivity contribution in [2.75, 3.05) is 13.2 Å². The van der Waals surface area contributed by atoms with E-state index in [0.717, 1.165) is 11.3 Å². The summed E-state index contributed by atoms with van der Waals surface area (Å²) >= 11 is 0. The second kappa shape index (κ2) is 7.39. The Kier molecular flexibility index (Phi) is 5.20. The molecule has 0 radical (unpaired) electrons. The van der Waals surface area contributed by atoms with Gasteiger partial charge in [-0.2, -0.15) is 0 Å². The van der Waals surface area contributed by atoms with Gasteiger partial charge in [-0.3, -0.25) is 0 Å². The van der Waals surface area contributed by atoms with Gasteiger partial charge >= 0.3 is 0 Å². The topological polar surface area (TPSA) is 18.5 Å². The smallest absolute Gasteiger partial charge is 0.119 e.